The highest BCUT2D eigenvalue weighted by atomic mass is 31.2. The van der Waals surface area contributed by atoms with Crippen LogP contribution < -0.4 is 0 Å². The summed E-state index contributed by atoms with van der Waals surface area (Å²) in [5, 5.41) is 9.05. The van der Waals surface area contributed by atoms with Gasteiger partial charge in [-0.3, -0.25) is 9.32 Å². The number of carbonyl (C=O) groups excluding carboxylic acids is 1. The topological polar surface area (TPSA) is 113 Å². The lowest BCUT2D eigenvalue weighted by molar-refractivity contribution is -0.153. The van der Waals surface area contributed by atoms with E-state index in [4.69, 9.17) is 19.6 Å². The van der Waals surface area contributed by atoms with Crippen molar-refractivity contribution in [1.82, 2.24) is 0 Å². The van der Waals surface area contributed by atoms with Gasteiger partial charge in [-0.1, -0.05) is 84.0 Å². The Balaban J connectivity index is 3.46. The number of rotatable bonds is 19. The van der Waals surface area contributed by atoms with E-state index in [-0.39, 0.29) is 6.42 Å². The van der Waals surface area contributed by atoms with Crippen LogP contribution in [0.5, 0.6) is 0 Å². The van der Waals surface area contributed by atoms with E-state index in [0.717, 1.165) is 12.8 Å². The third-order valence-electron chi connectivity index (χ3n) is 4.41. The summed E-state index contributed by atoms with van der Waals surface area (Å²) in [7, 11) is -4.63. The zero-order chi connectivity index (χ0) is 20.4. The summed E-state index contributed by atoms with van der Waals surface area (Å²) in [4.78, 5) is 28.9. The molecule has 0 aromatic rings. The summed E-state index contributed by atoms with van der Waals surface area (Å²) in [6, 6.07) is 0. The van der Waals surface area contributed by atoms with E-state index < -0.39 is 33.1 Å². The number of hydrogen-bond donors (Lipinski definition) is 3. The maximum absolute atomic E-state index is 11.7. The van der Waals surface area contributed by atoms with Crippen LogP contribution in [0, 0.1) is 0 Å². The van der Waals surface area contributed by atoms with Crippen molar-refractivity contribution in [2.45, 2.75) is 103 Å². The van der Waals surface area contributed by atoms with Gasteiger partial charge in [0.1, 0.15) is 6.10 Å². The molecule has 0 aliphatic rings. The van der Waals surface area contributed by atoms with Gasteiger partial charge in [0.05, 0.1) is 13.2 Å². The van der Waals surface area contributed by atoms with E-state index in [1.165, 1.54) is 64.2 Å². The van der Waals surface area contributed by atoms with Gasteiger partial charge in [-0.15, -0.1) is 0 Å². The summed E-state index contributed by atoms with van der Waals surface area (Å²) in [6.07, 6.45) is 15.1. The van der Waals surface area contributed by atoms with E-state index in [1.54, 1.807) is 0 Å². The molecule has 0 radical (unpaired) electrons. The molecule has 8 heteroatoms. The van der Waals surface area contributed by atoms with Gasteiger partial charge in [-0.05, 0) is 6.42 Å². The normalized spacial score (nSPS) is 12.9. The average Bonchev–Trinajstić information content (AvgIpc) is 2.61. The second-order valence-corrected chi connectivity index (χ2v) is 8.31. The molecule has 0 aromatic heterocycles. The Hall–Kier alpha value is -0.460. The van der Waals surface area contributed by atoms with Crippen LogP contribution in [0.2, 0.25) is 0 Å². The zero-order valence-corrected chi connectivity index (χ0v) is 17.7. The monoisotopic (exact) mass is 410 g/mol. The first-order valence-corrected chi connectivity index (χ1v) is 11.9. The highest BCUT2D eigenvalue weighted by molar-refractivity contribution is 7.46. The first-order chi connectivity index (χ1) is 12.9. The molecule has 1 unspecified atom stereocenters. The smallest absolute Gasteiger partial charge is 0.457 e. The molecule has 27 heavy (non-hydrogen) atoms. The molecule has 1 atom stereocenters. The Bertz CT molecular complexity index is 398. The third kappa shape index (κ3) is 20.1. The van der Waals surface area contributed by atoms with Crippen LogP contribution >= 0.6 is 7.82 Å². The molecule has 0 aliphatic heterocycles. The highest BCUT2D eigenvalue weighted by Crippen LogP contribution is 2.35. The lowest BCUT2D eigenvalue weighted by Crippen LogP contribution is -2.26. The van der Waals surface area contributed by atoms with Crippen molar-refractivity contribution in [2.75, 3.05) is 13.2 Å². The second kappa shape index (κ2) is 17.6. The molecule has 0 rings (SSSR count). The van der Waals surface area contributed by atoms with E-state index in [9.17, 15) is 9.36 Å². The fraction of sp³-hybridized carbons (Fsp3) is 0.947. The summed E-state index contributed by atoms with van der Waals surface area (Å²) < 4.78 is 19.8. The van der Waals surface area contributed by atoms with Gasteiger partial charge in [0.25, 0.3) is 0 Å². The lowest BCUT2D eigenvalue weighted by atomic mass is 10.0. The van der Waals surface area contributed by atoms with Gasteiger partial charge in [0.15, 0.2) is 0 Å². The van der Waals surface area contributed by atoms with Crippen molar-refractivity contribution in [2.24, 2.45) is 0 Å². The molecule has 0 spiro atoms. The molecule has 0 bridgehead atoms. The van der Waals surface area contributed by atoms with Crippen LogP contribution in [-0.2, 0) is 18.6 Å². The number of phosphoric acid groups is 1. The SMILES string of the molecule is CCCCCCCCCCCCCCCC(=O)OC(CO)COP(=O)(O)O. The summed E-state index contributed by atoms with van der Waals surface area (Å²) >= 11 is 0. The minimum absolute atomic E-state index is 0.240. The molecule has 0 amide bonds. The summed E-state index contributed by atoms with van der Waals surface area (Å²) in [5.41, 5.74) is 0. The number of esters is 1. The highest BCUT2D eigenvalue weighted by Gasteiger charge is 2.20. The van der Waals surface area contributed by atoms with Crippen molar-refractivity contribution in [3.8, 4) is 0 Å². The molecular weight excluding hydrogens is 371 g/mol. The number of carbonyl (C=O) groups is 1. The molecule has 0 saturated carbocycles. The molecule has 0 aliphatic carbocycles. The van der Waals surface area contributed by atoms with Crippen LogP contribution in [-0.4, -0.2) is 40.2 Å². The Morgan fingerprint density at radius 1 is 0.852 bits per heavy atom. The molecule has 0 saturated heterocycles. The number of phosphoric ester groups is 1. The van der Waals surface area contributed by atoms with Gasteiger partial charge in [-0.2, -0.15) is 0 Å². The Morgan fingerprint density at radius 2 is 1.30 bits per heavy atom. The quantitative estimate of drug-likeness (QED) is 0.163. The Kier molecular flexibility index (Phi) is 17.3. The summed E-state index contributed by atoms with van der Waals surface area (Å²) in [6.45, 7) is 1.18. The van der Waals surface area contributed by atoms with Gasteiger partial charge in [-0.25, -0.2) is 4.57 Å². The Morgan fingerprint density at radius 3 is 1.70 bits per heavy atom. The fourth-order valence-electron chi connectivity index (χ4n) is 2.84. The van der Waals surface area contributed by atoms with Crippen molar-refractivity contribution in [1.29, 1.82) is 0 Å². The van der Waals surface area contributed by atoms with Crippen LogP contribution in [0.1, 0.15) is 96.8 Å². The standard InChI is InChI=1S/C19H39O7P/c1-2-3-4-5-6-7-8-9-10-11-12-13-14-15-19(21)26-18(16-20)17-25-27(22,23)24/h18,20H,2-17H2,1H3,(H2,22,23,24). The maximum atomic E-state index is 11.7. The average molecular weight is 410 g/mol. The number of aliphatic hydroxyl groups excluding tert-OH is 1. The predicted octanol–water partition coefficient (Wildman–Crippen LogP) is 4.48. The fourth-order valence-corrected chi connectivity index (χ4v) is 3.20. The van der Waals surface area contributed by atoms with Crippen molar-refractivity contribution < 1.29 is 33.5 Å². The van der Waals surface area contributed by atoms with Crippen LogP contribution in [0.4, 0.5) is 0 Å². The van der Waals surface area contributed by atoms with Gasteiger partial charge < -0.3 is 19.6 Å². The number of aliphatic hydroxyl groups is 1. The van der Waals surface area contributed by atoms with Crippen LogP contribution in [0.15, 0.2) is 0 Å². The van der Waals surface area contributed by atoms with Crippen molar-refractivity contribution >= 4 is 13.8 Å². The van der Waals surface area contributed by atoms with Crippen LogP contribution in [0.25, 0.3) is 0 Å². The van der Waals surface area contributed by atoms with E-state index in [2.05, 4.69) is 11.4 Å². The molecule has 7 nitrogen and oxygen atoms in total. The third-order valence-corrected chi connectivity index (χ3v) is 4.90. The first-order valence-electron chi connectivity index (χ1n) is 10.4. The van der Waals surface area contributed by atoms with Crippen molar-refractivity contribution in [3.05, 3.63) is 0 Å². The zero-order valence-electron chi connectivity index (χ0n) is 16.8. The van der Waals surface area contributed by atoms with Gasteiger partial charge in [0, 0.05) is 6.42 Å². The van der Waals surface area contributed by atoms with Crippen LogP contribution in [0.3, 0.4) is 0 Å². The number of hydrogen-bond acceptors (Lipinski definition) is 5. The molecular formula is C19H39O7P. The minimum atomic E-state index is -4.63. The largest absolute Gasteiger partial charge is 0.469 e. The number of ether oxygens (including phenoxy) is 1. The lowest BCUT2D eigenvalue weighted by Gasteiger charge is -2.15. The second-order valence-electron chi connectivity index (χ2n) is 7.07. The number of unbranched alkanes of at least 4 members (excludes halogenated alkanes) is 12. The van der Waals surface area contributed by atoms with E-state index in [0.29, 0.717) is 6.42 Å². The van der Waals surface area contributed by atoms with E-state index >= 15 is 0 Å². The summed E-state index contributed by atoms with van der Waals surface area (Å²) in [5.74, 6) is -0.480. The minimum Gasteiger partial charge on any atom is -0.457 e. The van der Waals surface area contributed by atoms with Gasteiger partial charge in [0.2, 0.25) is 0 Å². The predicted molar refractivity (Wildman–Crippen MR) is 105 cm³/mol. The van der Waals surface area contributed by atoms with Gasteiger partial charge >= 0.3 is 13.8 Å². The molecule has 3 N–H and O–H groups in total. The maximum Gasteiger partial charge on any atom is 0.469 e. The first kappa shape index (κ1) is 26.5. The van der Waals surface area contributed by atoms with Crippen molar-refractivity contribution in [3.63, 3.8) is 0 Å². The molecule has 0 aromatic carbocycles. The molecule has 0 heterocycles. The molecule has 162 valence electrons. The van der Waals surface area contributed by atoms with E-state index in [1.807, 2.05) is 0 Å². The molecule has 0 fully saturated rings. The Labute approximate surface area is 164 Å².